The average Bonchev–Trinajstić information content (AvgIpc) is 3.38. The Hall–Kier alpha value is -1.39. The summed E-state index contributed by atoms with van der Waals surface area (Å²) in [6.45, 7) is 4.25. The van der Waals surface area contributed by atoms with E-state index in [1.807, 2.05) is 18.2 Å². The molecule has 0 bridgehead atoms. The SMILES string of the molecule is O=C1N(C2CC2)CCCC12CCCN2CCOCc1ccccc1. The molecular formula is C20H28N2O2. The Kier molecular flexibility index (Phi) is 4.59. The average molecular weight is 328 g/mol. The van der Waals surface area contributed by atoms with Gasteiger partial charge in [-0.2, -0.15) is 0 Å². The maximum absolute atomic E-state index is 13.1. The van der Waals surface area contributed by atoms with Gasteiger partial charge < -0.3 is 9.64 Å². The Balaban J connectivity index is 1.33. The highest BCUT2D eigenvalue weighted by molar-refractivity contribution is 5.88. The van der Waals surface area contributed by atoms with Gasteiger partial charge in [0.25, 0.3) is 0 Å². The van der Waals surface area contributed by atoms with Crippen LogP contribution >= 0.6 is 0 Å². The molecule has 4 nitrogen and oxygen atoms in total. The first-order valence-electron chi connectivity index (χ1n) is 9.47. The highest BCUT2D eigenvalue weighted by Crippen LogP contribution is 2.41. The molecule has 1 aromatic carbocycles. The Morgan fingerprint density at radius 2 is 1.83 bits per heavy atom. The molecule has 2 heterocycles. The number of carbonyl (C=O) groups is 1. The lowest BCUT2D eigenvalue weighted by molar-refractivity contribution is -0.148. The van der Waals surface area contributed by atoms with Gasteiger partial charge in [-0.25, -0.2) is 0 Å². The topological polar surface area (TPSA) is 32.8 Å². The smallest absolute Gasteiger partial charge is 0.243 e. The first kappa shape index (κ1) is 16.1. The van der Waals surface area contributed by atoms with Crippen LogP contribution in [0.5, 0.6) is 0 Å². The molecule has 0 aromatic heterocycles. The fraction of sp³-hybridized carbons (Fsp3) is 0.650. The molecule has 3 aliphatic rings. The minimum atomic E-state index is -0.211. The summed E-state index contributed by atoms with van der Waals surface area (Å²) in [6, 6.07) is 10.8. The van der Waals surface area contributed by atoms with Crippen LogP contribution in [0.4, 0.5) is 0 Å². The minimum Gasteiger partial charge on any atom is -0.375 e. The summed E-state index contributed by atoms with van der Waals surface area (Å²) in [5.41, 5.74) is 0.999. The Bertz CT molecular complexity index is 572. The second-order valence-electron chi connectivity index (χ2n) is 7.49. The maximum Gasteiger partial charge on any atom is 0.243 e. The van der Waals surface area contributed by atoms with Crippen molar-refractivity contribution in [2.24, 2.45) is 0 Å². The van der Waals surface area contributed by atoms with Gasteiger partial charge in [-0.15, -0.1) is 0 Å². The van der Waals surface area contributed by atoms with Crippen LogP contribution < -0.4 is 0 Å². The fourth-order valence-electron chi connectivity index (χ4n) is 4.48. The Labute approximate surface area is 144 Å². The van der Waals surface area contributed by atoms with Crippen LogP contribution in [-0.4, -0.2) is 53.5 Å². The Morgan fingerprint density at radius 1 is 1.08 bits per heavy atom. The number of hydrogen-bond donors (Lipinski definition) is 0. The van der Waals surface area contributed by atoms with Crippen molar-refractivity contribution in [2.75, 3.05) is 26.2 Å². The van der Waals surface area contributed by atoms with Gasteiger partial charge in [0, 0.05) is 19.1 Å². The van der Waals surface area contributed by atoms with Gasteiger partial charge in [-0.1, -0.05) is 30.3 Å². The van der Waals surface area contributed by atoms with Crippen LogP contribution in [0.2, 0.25) is 0 Å². The van der Waals surface area contributed by atoms with E-state index in [0.717, 1.165) is 45.3 Å². The van der Waals surface area contributed by atoms with Crippen LogP contribution in [0.3, 0.4) is 0 Å². The third-order valence-electron chi connectivity index (χ3n) is 5.88. The zero-order valence-corrected chi connectivity index (χ0v) is 14.5. The molecule has 1 atom stereocenters. The predicted molar refractivity (Wildman–Crippen MR) is 93.6 cm³/mol. The highest BCUT2D eigenvalue weighted by Gasteiger charge is 2.52. The predicted octanol–water partition coefficient (Wildman–Crippen LogP) is 2.82. The number of hydrogen-bond acceptors (Lipinski definition) is 3. The molecule has 1 aromatic rings. The molecule has 1 aliphatic carbocycles. The molecule has 2 saturated heterocycles. The van der Waals surface area contributed by atoms with E-state index in [2.05, 4.69) is 21.9 Å². The van der Waals surface area contributed by atoms with E-state index in [1.165, 1.54) is 18.4 Å². The van der Waals surface area contributed by atoms with E-state index >= 15 is 0 Å². The number of likely N-dealkylation sites (tertiary alicyclic amines) is 2. The van der Waals surface area contributed by atoms with Crippen LogP contribution in [0.1, 0.15) is 44.1 Å². The first-order chi connectivity index (χ1) is 11.8. The van der Waals surface area contributed by atoms with E-state index in [-0.39, 0.29) is 5.54 Å². The molecule has 1 saturated carbocycles. The first-order valence-corrected chi connectivity index (χ1v) is 9.47. The zero-order valence-electron chi connectivity index (χ0n) is 14.5. The summed E-state index contributed by atoms with van der Waals surface area (Å²) in [7, 11) is 0. The largest absolute Gasteiger partial charge is 0.375 e. The normalized spacial score (nSPS) is 28.0. The van der Waals surface area contributed by atoms with Crippen molar-refractivity contribution < 1.29 is 9.53 Å². The second-order valence-corrected chi connectivity index (χ2v) is 7.49. The lowest BCUT2D eigenvalue weighted by Gasteiger charge is -2.45. The standard InChI is InChI=1S/C20H28N2O2/c23-19-20(11-5-13-22(19)18-8-9-18)10-4-12-21(20)14-15-24-16-17-6-2-1-3-7-17/h1-3,6-7,18H,4-5,8-16H2. The van der Waals surface area contributed by atoms with Crippen molar-refractivity contribution in [3.63, 3.8) is 0 Å². The molecule has 2 aliphatic heterocycles. The van der Waals surface area contributed by atoms with Crippen molar-refractivity contribution >= 4 is 5.91 Å². The van der Waals surface area contributed by atoms with Gasteiger partial charge in [-0.3, -0.25) is 9.69 Å². The lowest BCUT2D eigenvalue weighted by atomic mass is 9.85. The molecule has 1 unspecified atom stereocenters. The van der Waals surface area contributed by atoms with Gasteiger partial charge in [0.1, 0.15) is 5.54 Å². The molecule has 4 heteroatoms. The fourth-order valence-corrected chi connectivity index (χ4v) is 4.48. The molecule has 1 amide bonds. The zero-order chi connectivity index (χ0) is 16.4. The Morgan fingerprint density at radius 3 is 2.58 bits per heavy atom. The van der Waals surface area contributed by atoms with Crippen molar-refractivity contribution in [3.05, 3.63) is 35.9 Å². The molecule has 24 heavy (non-hydrogen) atoms. The highest BCUT2D eigenvalue weighted by atomic mass is 16.5. The summed E-state index contributed by atoms with van der Waals surface area (Å²) in [5, 5.41) is 0. The van der Waals surface area contributed by atoms with Crippen molar-refractivity contribution in [1.29, 1.82) is 0 Å². The van der Waals surface area contributed by atoms with Crippen LogP contribution in [-0.2, 0) is 16.1 Å². The molecule has 0 radical (unpaired) electrons. The summed E-state index contributed by atoms with van der Waals surface area (Å²) in [4.78, 5) is 17.8. The quantitative estimate of drug-likeness (QED) is 0.753. The van der Waals surface area contributed by atoms with Gasteiger partial charge in [0.05, 0.1) is 13.2 Å². The number of benzene rings is 1. The summed E-state index contributed by atoms with van der Waals surface area (Å²) in [6.07, 6.45) is 6.79. The minimum absolute atomic E-state index is 0.211. The number of ether oxygens (including phenoxy) is 1. The van der Waals surface area contributed by atoms with E-state index in [9.17, 15) is 4.79 Å². The van der Waals surface area contributed by atoms with E-state index in [4.69, 9.17) is 4.74 Å². The molecular weight excluding hydrogens is 300 g/mol. The summed E-state index contributed by atoms with van der Waals surface area (Å²) in [5.74, 6) is 0.414. The maximum atomic E-state index is 13.1. The molecule has 1 spiro atoms. The number of carbonyl (C=O) groups excluding carboxylic acids is 1. The molecule has 0 N–H and O–H groups in total. The van der Waals surface area contributed by atoms with Crippen LogP contribution in [0, 0.1) is 0 Å². The van der Waals surface area contributed by atoms with Crippen molar-refractivity contribution in [2.45, 2.75) is 56.7 Å². The second kappa shape index (κ2) is 6.85. The van der Waals surface area contributed by atoms with Gasteiger partial charge in [0.15, 0.2) is 0 Å². The molecule has 4 rings (SSSR count). The number of rotatable bonds is 6. The molecule has 130 valence electrons. The van der Waals surface area contributed by atoms with Crippen molar-refractivity contribution in [3.8, 4) is 0 Å². The van der Waals surface area contributed by atoms with Gasteiger partial charge in [-0.05, 0) is 50.6 Å². The summed E-state index contributed by atoms with van der Waals surface area (Å²) < 4.78 is 5.87. The van der Waals surface area contributed by atoms with Crippen LogP contribution in [0.15, 0.2) is 30.3 Å². The van der Waals surface area contributed by atoms with Crippen molar-refractivity contribution in [1.82, 2.24) is 9.80 Å². The number of piperidine rings is 1. The monoisotopic (exact) mass is 328 g/mol. The van der Waals surface area contributed by atoms with Crippen LogP contribution in [0.25, 0.3) is 0 Å². The third kappa shape index (κ3) is 3.09. The van der Waals surface area contributed by atoms with Gasteiger partial charge >= 0.3 is 0 Å². The van der Waals surface area contributed by atoms with E-state index < -0.39 is 0 Å². The summed E-state index contributed by atoms with van der Waals surface area (Å²) >= 11 is 0. The van der Waals surface area contributed by atoms with E-state index in [1.54, 1.807) is 0 Å². The number of nitrogens with zero attached hydrogens (tertiary/aromatic N) is 2. The lowest BCUT2D eigenvalue weighted by Crippen LogP contribution is -2.60. The number of amides is 1. The van der Waals surface area contributed by atoms with E-state index in [0.29, 0.717) is 25.2 Å². The van der Waals surface area contributed by atoms with Gasteiger partial charge in [0.2, 0.25) is 5.91 Å². The third-order valence-corrected chi connectivity index (χ3v) is 5.88. The molecule has 3 fully saturated rings.